The van der Waals surface area contributed by atoms with Gasteiger partial charge in [-0.3, -0.25) is 4.79 Å². The molecule has 3 aromatic rings. The van der Waals surface area contributed by atoms with Crippen LogP contribution in [0, 0.1) is 13.8 Å². The van der Waals surface area contributed by atoms with E-state index >= 15 is 0 Å². The molecular weight excluding hydrogens is 302 g/mol. The molecule has 2 aromatic carbocycles. The summed E-state index contributed by atoms with van der Waals surface area (Å²) in [4.78, 5) is 12.7. The van der Waals surface area contributed by atoms with Crippen LogP contribution in [0.2, 0.25) is 0 Å². The van der Waals surface area contributed by atoms with Crippen LogP contribution in [0.25, 0.3) is 11.0 Å². The molecule has 0 unspecified atom stereocenters. The van der Waals surface area contributed by atoms with Crippen LogP contribution < -0.4 is 5.32 Å². The quantitative estimate of drug-likeness (QED) is 0.731. The first-order valence-corrected chi connectivity index (χ1v) is 8.06. The second kappa shape index (κ2) is 6.89. The van der Waals surface area contributed by atoms with Gasteiger partial charge in [-0.25, -0.2) is 0 Å². The number of ether oxygens (including phenoxy) is 1. The van der Waals surface area contributed by atoms with Gasteiger partial charge in [0, 0.05) is 23.2 Å². The zero-order valence-corrected chi connectivity index (χ0v) is 14.2. The van der Waals surface area contributed by atoms with Gasteiger partial charge in [0.15, 0.2) is 5.76 Å². The zero-order valence-electron chi connectivity index (χ0n) is 14.2. The molecule has 0 saturated carbocycles. The van der Waals surface area contributed by atoms with Crippen molar-refractivity contribution in [3.8, 4) is 0 Å². The molecule has 0 aliphatic rings. The molecule has 0 aliphatic heterocycles. The average molecular weight is 323 g/mol. The average Bonchev–Trinajstić information content (AvgIpc) is 2.90. The summed E-state index contributed by atoms with van der Waals surface area (Å²) in [5.74, 6) is 0.0507. The monoisotopic (exact) mass is 323 g/mol. The highest BCUT2D eigenvalue weighted by atomic mass is 16.5. The fraction of sp³-hybridized carbons (Fsp3) is 0.250. The molecule has 0 aliphatic carbocycles. The van der Waals surface area contributed by atoms with Crippen LogP contribution >= 0.6 is 0 Å². The lowest BCUT2D eigenvalue weighted by Crippen LogP contribution is -2.13. The number of benzene rings is 2. The van der Waals surface area contributed by atoms with E-state index < -0.39 is 0 Å². The Balaban J connectivity index is 1.96. The Morgan fingerprint density at radius 3 is 2.54 bits per heavy atom. The Morgan fingerprint density at radius 2 is 1.83 bits per heavy atom. The summed E-state index contributed by atoms with van der Waals surface area (Å²) >= 11 is 0. The lowest BCUT2D eigenvalue weighted by molar-refractivity contribution is 0.0984. The van der Waals surface area contributed by atoms with Gasteiger partial charge < -0.3 is 14.5 Å². The molecule has 124 valence electrons. The van der Waals surface area contributed by atoms with Crippen LogP contribution in [0.5, 0.6) is 0 Å². The van der Waals surface area contributed by atoms with Crippen LogP contribution in [0.1, 0.15) is 34.2 Å². The number of nitrogens with one attached hydrogen (secondary N) is 1. The summed E-state index contributed by atoms with van der Waals surface area (Å²) in [6.07, 6.45) is 0. The molecule has 1 heterocycles. The van der Waals surface area contributed by atoms with E-state index in [-0.39, 0.29) is 5.91 Å². The van der Waals surface area contributed by atoms with Crippen molar-refractivity contribution in [3.05, 3.63) is 64.9 Å². The molecule has 1 amide bonds. The summed E-state index contributed by atoms with van der Waals surface area (Å²) in [6.45, 7) is 6.87. The maximum absolute atomic E-state index is 12.7. The second-order valence-electron chi connectivity index (χ2n) is 5.87. The Labute approximate surface area is 141 Å². The molecule has 0 atom stereocenters. The number of fused-ring (bicyclic) bond motifs is 1. The van der Waals surface area contributed by atoms with Crippen molar-refractivity contribution in [1.82, 2.24) is 0 Å². The van der Waals surface area contributed by atoms with Gasteiger partial charge in [-0.2, -0.15) is 0 Å². The lowest BCUT2D eigenvalue weighted by atomic mass is 10.1. The molecule has 3 rings (SSSR count). The second-order valence-corrected chi connectivity index (χ2v) is 5.87. The number of amides is 1. The summed E-state index contributed by atoms with van der Waals surface area (Å²) in [5, 5.41) is 3.84. The van der Waals surface area contributed by atoms with Gasteiger partial charge in [-0.05, 0) is 50.1 Å². The van der Waals surface area contributed by atoms with Gasteiger partial charge in [0.05, 0.1) is 6.61 Å². The minimum Gasteiger partial charge on any atom is -0.451 e. The van der Waals surface area contributed by atoms with E-state index in [1.807, 2.05) is 57.2 Å². The van der Waals surface area contributed by atoms with E-state index in [2.05, 4.69) is 11.4 Å². The lowest BCUT2D eigenvalue weighted by Gasteiger charge is -2.08. The van der Waals surface area contributed by atoms with E-state index in [0.717, 1.165) is 27.8 Å². The largest absolute Gasteiger partial charge is 0.451 e. The van der Waals surface area contributed by atoms with Crippen LogP contribution in [-0.4, -0.2) is 12.5 Å². The Kier molecular flexibility index (Phi) is 4.67. The van der Waals surface area contributed by atoms with Crippen LogP contribution in [-0.2, 0) is 11.3 Å². The van der Waals surface area contributed by atoms with E-state index in [9.17, 15) is 4.79 Å². The van der Waals surface area contributed by atoms with Crippen molar-refractivity contribution < 1.29 is 13.9 Å². The number of carbonyl (C=O) groups is 1. The van der Waals surface area contributed by atoms with Crippen LogP contribution in [0.4, 0.5) is 5.69 Å². The smallest absolute Gasteiger partial charge is 0.291 e. The van der Waals surface area contributed by atoms with Crippen molar-refractivity contribution in [1.29, 1.82) is 0 Å². The Hall–Kier alpha value is -2.59. The first kappa shape index (κ1) is 16.3. The third-order valence-electron chi connectivity index (χ3n) is 3.83. The number of furan rings is 1. The minimum atomic E-state index is -0.258. The number of carbonyl (C=O) groups excluding carboxylic acids is 1. The molecule has 24 heavy (non-hydrogen) atoms. The molecule has 1 aromatic heterocycles. The maximum Gasteiger partial charge on any atom is 0.291 e. The number of anilines is 1. The Bertz CT molecular complexity index is 859. The number of para-hydroxylation sites is 1. The third kappa shape index (κ3) is 3.34. The van der Waals surface area contributed by atoms with Gasteiger partial charge in [0.25, 0.3) is 5.91 Å². The fourth-order valence-corrected chi connectivity index (χ4v) is 2.86. The van der Waals surface area contributed by atoms with Gasteiger partial charge in [-0.1, -0.05) is 24.3 Å². The van der Waals surface area contributed by atoms with Gasteiger partial charge in [0.1, 0.15) is 5.58 Å². The van der Waals surface area contributed by atoms with E-state index in [1.165, 1.54) is 0 Å². The number of rotatable bonds is 5. The molecule has 1 N–H and O–H groups in total. The predicted molar refractivity (Wildman–Crippen MR) is 95.4 cm³/mol. The molecule has 0 spiro atoms. The maximum atomic E-state index is 12.7. The highest BCUT2D eigenvalue weighted by Crippen LogP contribution is 2.27. The minimum absolute atomic E-state index is 0.258. The molecular formula is C20H21NO3. The highest BCUT2D eigenvalue weighted by molar-refractivity contribution is 6.06. The van der Waals surface area contributed by atoms with Crippen molar-refractivity contribution in [2.24, 2.45) is 0 Å². The summed E-state index contributed by atoms with van der Waals surface area (Å²) in [6, 6.07) is 13.6. The van der Waals surface area contributed by atoms with E-state index in [1.54, 1.807) is 0 Å². The van der Waals surface area contributed by atoms with E-state index in [4.69, 9.17) is 9.15 Å². The topological polar surface area (TPSA) is 51.5 Å². The molecule has 0 fully saturated rings. The number of hydrogen-bond donors (Lipinski definition) is 1. The Morgan fingerprint density at radius 1 is 1.12 bits per heavy atom. The third-order valence-corrected chi connectivity index (χ3v) is 3.83. The van der Waals surface area contributed by atoms with Crippen LogP contribution in [0.3, 0.4) is 0 Å². The highest BCUT2D eigenvalue weighted by Gasteiger charge is 2.20. The normalized spacial score (nSPS) is 11.0. The zero-order chi connectivity index (χ0) is 17.1. The van der Waals surface area contributed by atoms with E-state index in [0.29, 0.717) is 24.6 Å². The standard InChI is InChI=1S/C20H21NO3/c1-4-23-12-17-16-7-5-6-8-18(16)24-19(17)20(22)21-15-10-13(2)9-14(3)11-15/h5-11H,4,12H2,1-3H3,(H,21,22). The molecule has 4 heteroatoms. The van der Waals surface area contributed by atoms with Crippen molar-refractivity contribution >= 4 is 22.6 Å². The SMILES string of the molecule is CCOCc1c(C(=O)Nc2cc(C)cc(C)c2)oc2ccccc12. The van der Waals surface area contributed by atoms with Crippen molar-refractivity contribution in [2.75, 3.05) is 11.9 Å². The predicted octanol–water partition coefficient (Wildman–Crippen LogP) is 4.84. The van der Waals surface area contributed by atoms with Crippen molar-refractivity contribution in [3.63, 3.8) is 0 Å². The molecule has 0 saturated heterocycles. The van der Waals surface area contributed by atoms with Gasteiger partial charge >= 0.3 is 0 Å². The molecule has 4 nitrogen and oxygen atoms in total. The van der Waals surface area contributed by atoms with Crippen LogP contribution in [0.15, 0.2) is 46.9 Å². The molecule has 0 bridgehead atoms. The summed E-state index contributed by atoms with van der Waals surface area (Å²) < 4.78 is 11.3. The fourth-order valence-electron chi connectivity index (χ4n) is 2.86. The first-order valence-electron chi connectivity index (χ1n) is 8.06. The summed E-state index contributed by atoms with van der Waals surface area (Å²) in [7, 11) is 0. The van der Waals surface area contributed by atoms with Gasteiger partial charge in [0.2, 0.25) is 0 Å². The number of hydrogen-bond acceptors (Lipinski definition) is 3. The number of aryl methyl sites for hydroxylation is 2. The molecule has 0 radical (unpaired) electrons. The summed E-state index contributed by atoms with van der Waals surface area (Å²) in [5.41, 5.74) is 4.45. The first-order chi connectivity index (χ1) is 11.6. The van der Waals surface area contributed by atoms with Crippen molar-refractivity contribution in [2.45, 2.75) is 27.4 Å². The van der Waals surface area contributed by atoms with Gasteiger partial charge in [-0.15, -0.1) is 0 Å².